The number of ether oxygens (including phenoxy) is 1. The van der Waals surface area contributed by atoms with Gasteiger partial charge in [0.05, 0.1) is 7.11 Å². The highest BCUT2D eigenvalue weighted by Crippen LogP contribution is 2.57. The number of hydrogen-bond donors (Lipinski definition) is 0. The summed E-state index contributed by atoms with van der Waals surface area (Å²) >= 11 is 0. The predicted octanol–water partition coefficient (Wildman–Crippen LogP) is 7.60. The molecule has 2 aliphatic carbocycles. The summed E-state index contributed by atoms with van der Waals surface area (Å²) in [6.07, 6.45) is 13.6. The first-order chi connectivity index (χ1) is 17.3. The van der Waals surface area contributed by atoms with Gasteiger partial charge in [0.15, 0.2) is 0 Å². The van der Waals surface area contributed by atoms with Crippen molar-refractivity contribution >= 4 is 6.08 Å². The van der Waals surface area contributed by atoms with Crippen molar-refractivity contribution in [2.75, 3.05) is 13.7 Å². The van der Waals surface area contributed by atoms with E-state index in [2.05, 4.69) is 95.9 Å². The third kappa shape index (κ3) is 4.12. The smallest absolute Gasteiger partial charge is 0.119 e. The van der Waals surface area contributed by atoms with Crippen LogP contribution in [-0.2, 0) is 11.8 Å². The zero-order valence-electron chi connectivity index (χ0n) is 20.9. The molecule has 0 N–H and O–H groups in total. The van der Waals surface area contributed by atoms with E-state index in [9.17, 15) is 0 Å². The van der Waals surface area contributed by atoms with E-state index in [0.29, 0.717) is 17.5 Å². The van der Waals surface area contributed by atoms with Gasteiger partial charge < -0.3 is 4.74 Å². The van der Waals surface area contributed by atoms with Crippen LogP contribution in [0.3, 0.4) is 0 Å². The molecule has 1 aliphatic heterocycles. The van der Waals surface area contributed by atoms with Crippen molar-refractivity contribution in [2.24, 2.45) is 5.92 Å². The molecule has 0 radical (unpaired) electrons. The third-order valence-electron chi connectivity index (χ3n) is 9.14. The van der Waals surface area contributed by atoms with Crippen molar-refractivity contribution in [3.8, 4) is 5.75 Å². The third-order valence-corrected chi connectivity index (χ3v) is 9.14. The highest BCUT2D eigenvalue weighted by Gasteiger charge is 2.54. The molecule has 1 saturated heterocycles. The summed E-state index contributed by atoms with van der Waals surface area (Å²) in [5.41, 5.74) is 6.24. The van der Waals surface area contributed by atoms with Gasteiger partial charge >= 0.3 is 0 Å². The number of fused-ring (bicyclic) bond motifs is 1. The molecule has 0 spiro atoms. The Labute approximate surface area is 210 Å². The van der Waals surface area contributed by atoms with Crippen LogP contribution in [0.5, 0.6) is 5.75 Å². The Morgan fingerprint density at radius 3 is 2.57 bits per heavy atom. The van der Waals surface area contributed by atoms with Gasteiger partial charge in [0.25, 0.3) is 0 Å². The first-order valence-corrected chi connectivity index (χ1v) is 13.5. The fraction of sp³-hybridized carbons (Fsp3) is 0.394. The fourth-order valence-corrected chi connectivity index (χ4v) is 7.56. The van der Waals surface area contributed by atoms with Crippen molar-refractivity contribution in [1.82, 2.24) is 4.90 Å². The minimum Gasteiger partial charge on any atom is -0.497 e. The lowest BCUT2D eigenvalue weighted by Crippen LogP contribution is -2.61. The molecule has 3 aliphatic rings. The van der Waals surface area contributed by atoms with Crippen LogP contribution >= 0.6 is 0 Å². The van der Waals surface area contributed by atoms with Crippen LogP contribution in [0, 0.1) is 5.92 Å². The summed E-state index contributed by atoms with van der Waals surface area (Å²) in [6.45, 7) is 1.18. The maximum atomic E-state index is 5.67. The number of methoxy groups -OCH3 is 1. The second-order valence-electron chi connectivity index (χ2n) is 10.8. The molecule has 2 bridgehead atoms. The Bertz CT molecular complexity index is 1170. The molecule has 2 nitrogen and oxygen atoms in total. The van der Waals surface area contributed by atoms with Gasteiger partial charge in [0.2, 0.25) is 0 Å². The van der Waals surface area contributed by atoms with Gasteiger partial charge in [-0.05, 0) is 79.0 Å². The first kappa shape index (κ1) is 22.6. The maximum absolute atomic E-state index is 5.67. The van der Waals surface area contributed by atoms with Crippen LogP contribution in [0.2, 0.25) is 0 Å². The molecule has 35 heavy (non-hydrogen) atoms. The highest BCUT2D eigenvalue weighted by molar-refractivity contribution is 5.49. The molecular weight excluding hydrogens is 426 g/mol. The number of rotatable bonds is 6. The topological polar surface area (TPSA) is 12.5 Å². The Balaban J connectivity index is 1.36. The molecule has 0 amide bonds. The van der Waals surface area contributed by atoms with E-state index in [-0.39, 0.29) is 0 Å². The summed E-state index contributed by atoms with van der Waals surface area (Å²) < 4.78 is 5.67. The van der Waals surface area contributed by atoms with Crippen LogP contribution in [0.1, 0.15) is 66.8 Å². The summed E-state index contributed by atoms with van der Waals surface area (Å²) in [5.74, 6) is 1.77. The average Bonchev–Trinajstić information content (AvgIpc) is 2.92. The molecule has 3 aromatic rings. The summed E-state index contributed by atoms with van der Waals surface area (Å²) in [4.78, 5) is 2.89. The number of nitrogens with zero attached hydrogens (tertiary/aromatic N) is 1. The van der Waals surface area contributed by atoms with E-state index in [1.54, 1.807) is 18.2 Å². The number of piperidine rings is 1. The standard InChI is InChI=1S/C33H37NO/c1-35-28-19-18-27-23-32-29-16-8-9-20-33(29,30(27)24-28)21-22-34(32)31(26-14-6-3-7-15-26)17-10-13-25-11-4-2-5-12-25/h2-7,10-15,18-19,24,29,31-32H,8-9,16-17,20-23H2,1H3/b13-10+/t29-,31?,32-,33-/m0/s1. The van der Waals surface area contributed by atoms with Gasteiger partial charge in [-0.1, -0.05) is 91.7 Å². The molecular formula is C33H37NO. The van der Waals surface area contributed by atoms with Crippen LogP contribution in [0.25, 0.3) is 6.08 Å². The quantitative estimate of drug-likeness (QED) is 0.373. The summed E-state index contributed by atoms with van der Waals surface area (Å²) in [7, 11) is 1.80. The van der Waals surface area contributed by atoms with E-state index in [1.165, 1.54) is 49.8 Å². The van der Waals surface area contributed by atoms with E-state index < -0.39 is 0 Å². The molecule has 0 aromatic heterocycles. The monoisotopic (exact) mass is 463 g/mol. The first-order valence-electron chi connectivity index (χ1n) is 13.5. The zero-order chi connectivity index (χ0) is 23.7. The molecule has 3 aromatic carbocycles. The Morgan fingerprint density at radius 2 is 1.77 bits per heavy atom. The molecule has 180 valence electrons. The normalized spacial score (nSPS) is 26.7. The van der Waals surface area contributed by atoms with E-state index in [1.807, 2.05) is 0 Å². The predicted molar refractivity (Wildman–Crippen MR) is 145 cm³/mol. The lowest BCUT2D eigenvalue weighted by molar-refractivity contribution is -0.0340. The van der Waals surface area contributed by atoms with Gasteiger partial charge in [-0.15, -0.1) is 0 Å². The van der Waals surface area contributed by atoms with Gasteiger partial charge in [0.1, 0.15) is 5.75 Å². The van der Waals surface area contributed by atoms with Crippen LogP contribution < -0.4 is 4.74 Å². The molecule has 1 saturated carbocycles. The highest BCUT2D eigenvalue weighted by atomic mass is 16.5. The minimum atomic E-state index is 0.336. The van der Waals surface area contributed by atoms with Crippen LogP contribution in [0.15, 0.2) is 84.9 Å². The molecule has 2 fully saturated rings. The second kappa shape index (κ2) is 9.66. The average molecular weight is 464 g/mol. The minimum absolute atomic E-state index is 0.336. The fourth-order valence-electron chi connectivity index (χ4n) is 7.56. The summed E-state index contributed by atoms with van der Waals surface area (Å²) in [5, 5.41) is 0. The number of benzene rings is 3. The molecule has 1 unspecified atom stereocenters. The van der Waals surface area contributed by atoms with Crippen molar-refractivity contribution < 1.29 is 4.74 Å². The van der Waals surface area contributed by atoms with E-state index >= 15 is 0 Å². The molecule has 4 atom stereocenters. The second-order valence-corrected chi connectivity index (χ2v) is 10.8. The van der Waals surface area contributed by atoms with Crippen molar-refractivity contribution in [3.63, 3.8) is 0 Å². The molecule has 1 heterocycles. The van der Waals surface area contributed by atoms with Gasteiger partial charge in [-0.2, -0.15) is 0 Å². The number of likely N-dealkylation sites (tertiary alicyclic amines) is 1. The zero-order valence-corrected chi connectivity index (χ0v) is 20.9. The van der Waals surface area contributed by atoms with Gasteiger partial charge in [0, 0.05) is 17.5 Å². The Kier molecular flexibility index (Phi) is 6.24. The van der Waals surface area contributed by atoms with Gasteiger partial charge in [-0.25, -0.2) is 0 Å². The molecule has 6 rings (SSSR count). The van der Waals surface area contributed by atoms with Crippen molar-refractivity contribution in [1.29, 1.82) is 0 Å². The Morgan fingerprint density at radius 1 is 0.971 bits per heavy atom. The van der Waals surface area contributed by atoms with E-state index in [4.69, 9.17) is 4.74 Å². The van der Waals surface area contributed by atoms with Crippen molar-refractivity contribution in [3.05, 3.63) is 107 Å². The van der Waals surface area contributed by atoms with Crippen LogP contribution in [-0.4, -0.2) is 24.6 Å². The lowest BCUT2D eigenvalue weighted by Gasteiger charge is -2.60. The lowest BCUT2D eigenvalue weighted by atomic mass is 9.52. The summed E-state index contributed by atoms with van der Waals surface area (Å²) in [6, 6.07) is 29.9. The maximum Gasteiger partial charge on any atom is 0.119 e. The largest absolute Gasteiger partial charge is 0.497 e. The van der Waals surface area contributed by atoms with Crippen molar-refractivity contribution in [2.45, 2.75) is 62.4 Å². The number of hydrogen-bond acceptors (Lipinski definition) is 2. The van der Waals surface area contributed by atoms with E-state index in [0.717, 1.165) is 24.5 Å². The van der Waals surface area contributed by atoms with Crippen LogP contribution in [0.4, 0.5) is 0 Å². The Hall–Kier alpha value is -2.84. The SMILES string of the molecule is COc1ccc2c(c1)[C@]13CCCC[C@H]1[C@H](C2)N(C(C/C=C/c1ccccc1)c1ccccc1)CC3. The molecule has 2 heteroatoms. The van der Waals surface area contributed by atoms with Gasteiger partial charge in [-0.3, -0.25) is 4.90 Å².